The molecule has 0 saturated heterocycles. The van der Waals surface area contributed by atoms with Gasteiger partial charge < -0.3 is 14.7 Å². The number of ether oxygens (including phenoxy) is 1. The van der Waals surface area contributed by atoms with Crippen LogP contribution in [0.25, 0.3) is 5.70 Å². The first-order chi connectivity index (χ1) is 10.5. The molecule has 0 aliphatic carbocycles. The summed E-state index contributed by atoms with van der Waals surface area (Å²) >= 11 is 0. The van der Waals surface area contributed by atoms with Crippen molar-refractivity contribution >= 4 is 11.8 Å². The number of nitrogens with zero attached hydrogens (tertiary/aromatic N) is 2. The molecule has 1 heterocycles. The zero-order valence-corrected chi connectivity index (χ0v) is 13.5. The lowest BCUT2D eigenvalue weighted by Crippen LogP contribution is -2.34. The standard InChI is InChI=1S/C17H24N2O3/c1-13-7-8-16(19(12-13)17(20)21)14-5-4-6-15(11-14)22-10-9-18(2)3/h4-6,8,11,13H,7,9-10,12H2,1-3H3,(H,20,21)/t13-/m0/s1. The van der Waals surface area contributed by atoms with E-state index in [2.05, 4.69) is 11.8 Å². The van der Waals surface area contributed by atoms with E-state index in [-0.39, 0.29) is 0 Å². The number of benzene rings is 1. The second kappa shape index (κ2) is 7.31. The van der Waals surface area contributed by atoms with E-state index >= 15 is 0 Å². The van der Waals surface area contributed by atoms with Gasteiger partial charge in [0.05, 0.1) is 5.70 Å². The minimum atomic E-state index is -0.906. The molecular weight excluding hydrogens is 280 g/mol. The van der Waals surface area contributed by atoms with Crippen LogP contribution < -0.4 is 4.74 Å². The first-order valence-corrected chi connectivity index (χ1v) is 7.56. The molecule has 120 valence electrons. The second-order valence-electron chi connectivity index (χ2n) is 6.00. The van der Waals surface area contributed by atoms with Crippen molar-refractivity contribution in [1.82, 2.24) is 9.80 Å². The molecule has 1 aliphatic heterocycles. The van der Waals surface area contributed by atoms with Gasteiger partial charge in [-0.3, -0.25) is 4.90 Å². The summed E-state index contributed by atoms with van der Waals surface area (Å²) < 4.78 is 5.73. The van der Waals surface area contributed by atoms with Gasteiger partial charge in [-0.1, -0.05) is 25.1 Å². The summed E-state index contributed by atoms with van der Waals surface area (Å²) in [5, 5.41) is 9.41. The third-order valence-electron chi connectivity index (χ3n) is 3.67. The Hall–Kier alpha value is -2.01. The molecule has 0 spiro atoms. The van der Waals surface area contributed by atoms with Gasteiger partial charge in [-0.25, -0.2) is 4.79 Å². The molecule has 0 bridgehead atoms. The molecule has 1 aliphatic rings. The number of amides is 1. The predicted molar refractivity (Wildman–Crippen MR) is 87.0 cm³/mol. The molecule has 22 heavy (non-hydrogen) atoms. The summed E-state index contributed by atoms with van der Waals surface area (Å²) in [6.07, 6.45) is 1.99. The van der Waals surface area contributed by atoms with Crippen LogP contribution in [0.2, 0.25) is 0 Å². The summed E-state index contributed by atoms with van der Waals surface area (Å²) in [5.41, 5.74) is 1.64. The summed E-state index contributed by atoms with van der Waals surface area (Å²) in [7, 11) is 4.00. The maximum absolute atomic E-state index is 11.5. The molecule has 0 fully saturated rings. The van der Waals surface area contributed by atoms with Gasteiger partial charge in [0.25, 0.3) is 0 Å². The molecule has 2 rings (SSSR count). The molecular formula is C17H24N2O3. The minimum Gasteiger partial charge on any atom is -0.492 e. The Bertz CT molecular complexity index is 555. The van der Waals surface area contributed by atoms with Crippen LogP contribution in [0.3, 0.4) is 0 Å². The molecule has 1 aromatic rings. The van der Waals surface area contributed by atoms with Crippen molar-refractivity contribution in [2.45, 2.75) is 13.3 Å². The first-order valence-electron chi connectivity index (χ1n) is 7.56. The average molecular weight is 304 g/mol. The van der Waals surface area contributed by atoms with Crippen LogP contribution in [0.5, 0.6) is 5.75 Å². The summed E-state index contributed by atoms with van der Waals surface area (Å²) in [6, 6.07) is 7.64. The topological polar surface area (TPSA) is 53.0 Å². The van der Waals surface area contributed by atoms with Crippen LogP contribution in [-0.4, -0.2) is 54.8 Å². The van der Waals surface area contributed by atoms with Gasteiger partial charge in [-0.2, -0.15) is 0 Å². The normalized spacial score (nSPS) is 18.3. The van der Waals surface area contributed by atoms with Crippen molar-refractivity contribution in [3.05, 3.63) is 35.9 Å². The monoisotopic (exact) mass is 304 g/mol. The Morgan fingerprint density at radius 1 is 1.45 bits per heavy atom. The van der Waals surface area contributed by atoms with Gasteiger partial charge in [-0.15, -0.1) is 0 Å². The molecule has 0 unspecified atom stereocenters. The van der Waals surface area contributed by atoms with Gasteiger partial charge in [-0.05, 0) is 38.6 Å². The maximum atomic E-state index is 11.5. The fourth-order valence-corrected chi connectivity index (χ4v) is 2.45. The lowest BCUT2D eigenvalue weighted by molar-refractivity contribution is 0.159. The van der Waals surface area contributed by atoms with Crippen LogP contribution in [0, 0.1) is 5.92 Å². The van der Waals surface area contributed by atoms with E-state index in [0.29, 0.717) is 19.1 Å². The Morgan fingerprint density at radius 2 is 2.23 bits per heavy atom. The largest absolute Gasteiger partial charge is 0.492 e. The van der Waals surface area contributed by atoms with Crippen LogP contribution >= 0.6 is 0 Å². The lowest BCUT2D eigenvalue weighted by atomic mass is 9.98. The summed E-state index contributed by atoms with van der Waals surface area (Å²) in [5.74, 6) is 1.11. The van der Waals surface area contributed by atoms with Crippen LogP contribution in [0.15, 0.2) is 30.3 Å². The molecule has 1 amide bonds. The third-order valence-corrected chi connectivity index (χ3v) is 3.67. The SMILES string of the molecule is C[C@H]1CC=C(c2cccc(OCCN(C)C)c2)N(C(=O)O)C1. The molecule has 0 saturated carbocycles. The second-order valence-corrected chi connectivity index (χ2v) is 6.00. The first kappa shape index (κ1) is 16.4. The number of rotatable bonds is 5. The molecule has 5 nitrogen and oxygen atoms in total. The van der Waals surface area contributed by atoms with Crippen molar-refractivity contribution in [3.8, 4) is 5.75 Å². The summed E-state index contributed by atoms with van der Waals surface area (Å²) in [4.78, 5) is 14.9. The van der Waals surface area contributed by atoms with Crippen LogP contribution in [-0.2, 0) is 0 Å². The average Bonchev–Trinajstić information content (AvgIpc) is 2.47. The van der Waals surface area contributed by atoms with Gasteiger partial charge in [0.1, 0.15) is 12.4 Å². The van der Waals surface area contributed by atoms with E-state index in [1.54, 1.807) is 0 Å². The van der Waals surface area contributed by atoms with E-state index in [1.807, 2.05) is 44.4 Å². The number of likely N-dealkylation sites (N-methyl/N-ethyl adjacent to an activating group) is 1. The van der Waals surface area contributed by atoms with E-state index in [1.165, 1.54) is 4.90 Å². The van der Waals surface area contributed by atoms with Crippen molar-refractivity contribution in [1.29, 1.82) is 0 Å². The van der Waals surface area contributed by atoms with E-state index < -0.39 is 6.09 Å². The third kappa shape index (κ3) is 4.24. The van der Waals surface area contributed by atoms with Crippen molar-refractivity contribution in [2.24, 2.45) is 5.92 Å². The number of allylic oxidation sites excluding steroid dienone is 1. The molecule has 0 radical (unpaired) electrons. The van der Waals surface area contributed by atoms with Gasteiger partial charge in [0.2, 0.25) is 0 Å². The number of hydrogen-bond acceptors (Lipinski definition) is 3. The molecule has 1 N–H and O–H groups in total. The number of hydrogen-bond donors (Lipinski definition) is 1. The van der Waals surface area contributed by atoms with Crippen molar-refractivity contribution in [3.63, 3.8) is 0 Å². The highest BCUT2D eigenvalue weighted by Gasteiger charge is 2.24. The Morgan fingerprint density at radius 3 is 2.91 bits per heavy atom. The lowest BCUT2D eigenvalue weighted by Gasteiger charge is -2.30. The van der Waals surface area contributed by atoms with Crippen molar-refractivity contribution in [2.75, 3.05) is 33.8 Å². The quantitative estimate of drug-likeness (QED) is 0.908. The molecule has 1 aromatic carbocycles. The van der Waals surface area contributed by atoms with Gasteiger partial charge in [0.15, 0.2) is 0 Å². The van der Waals surface area contributed by atoms with E-state index in [4.69, 9.17) is 4.74 Å². The molecule has 0 aromatic heterocycles. The number of carbonyl (C=O) groups is 1. The highest BCUT2D eigenvalue weighted by molar-refractivity contribution is 5.81. The van der Waals surface area contributed by atoms with Crippen LogP contribution in [0.1, 0.15) is 18.9 Å². The van der Waals surface area contributed by atoms with Gasteiger partial charge in [0, 0.05) is 18.7 Å². The molecule has 1 atom stereocenters. The van der Waals surface area contributed by atoms with Crippen molar-refractivity contribution < 1.29 is 14.6 Å². The Labute approximate surface area is 131 Å². The number of carboxylic acid groups (broad SMARTS) is 1. The maximum Gasteiger partial charge on any atom is 0.411 e. The highest BCUT2D eigenvalue weighted by atomic mass is 16.5. The summed E-state index contributed by atoms with van der Waals surface area (Å²) in [6.45, 7) is 4.04. The molecule has 5 heteroatoms. The zero-order chi connectivity index (χ0) is 16.1. The zero-order valence-electron chi connectivity index (χ0n) is 13.5. The fourth-order valence-electron chi connectivity index (χ4n) is 2.45. The van der Waals surface area contributed by atoms with Gasteiger partial charge >= 0.3 is 6.09 Å². The highest BCUT2D eigenvalue weighted by Crippen LogP contribution is 2.29. The smallest absolute Gasteiger partial charge is 0.411 e. The fraction of sp³-hybridized carbons (Fsp3) is 0.471. The van der Waals surface area contributed by atoms with E-state index in [0.717, 1.165) is 30.0 Å². The van der Waals surface area contributed by atoms with Crippen LogP contribution in [0.4, 0.5) is 4.79 Å². The Balaban J connectivity index is 2.15. The predicted octanol–water partition coefficient (Wildman–Crippen LogP) is 2.99. The van der Waals surface area contributed by atoms with E-state index in [9.17, 15) is 9.90 Å². The minimum absolute atomic E-state index is 0.347. The Kier molecular flexibility index (Phi) is 5.44.